The molecule has 3 rings (SSSR count). The third-order valence-corrected chi connectivity index (χ3v) is 3.48. The van der Waals surface area contributed by atoms with Crippen molar-refractivity contribution >= 4 is 11.6 Å². The largest absolute Gasteiger partial charge is 0.464 e. The molecule has 1 saturated heterocycles. The number of hydrogen-bond acceptors (Lipinski definition) is 5. The summed E-state index contributed by atoms with van der Waals surface area (Å²) in [5.74, 6) is 0.286. The Kier molecular flexibility index (Phi) is 3.64. The number of aromatic nitrogens is 3. The maximum atomic E-state index is 11.7. The normalized spacial score (nSPS) is 19.1. The summed E-state index contributed by atoms with van der Waals surface area (Å²) in [6, 6.07) is 5.27. The Balaban J connectivity index is 1.88. The van der Waals surface area contributed by atoms with Crippen molar-refractivity contribution in [2.75, 3.05) is 13.7 Å². The van der Waals surface area contributed by atoms with Crippen LogP contribution in [0.25, 0.3) is 5.65 Å². The Hall–Kier alpha value is -1.95. The molecule has 2 aromatic rings. The van der Waals surface area contributed by atoms with Gasteiger partial charge in [-0.05, 0) is 31.4 Å². The first kappa shape index (κ1) is 13.1. The third-order valence-electron chi connectivity index (χ3n) is 3.48. The predicted octanol–water partition coefficient (Wildman–Crippen LogP) is 1.63. The Bertz CT molecular complexity index is 617. The molecule has 106 valence electrons. The molecule has 20 heavy (non-hydrogen) atoms. The van der Waals surface area contributed by atoms with E-state index in [0.717, 1.165) is 19.4 Å². The number of carbonyl (C=O) groups excluding carboxylic acids is 1. The van der Waals surface area contributed by atoms with Crippen molar-refractivity contribution in [1.29, 1.82) is 0 Å². The molecular weight excluding hydrogens is 258 g/mol. The van der Waals surface area contributed by atoms with Crippen LogP contribution in [0.1, 0.15) is 35.6 Å². The highest BCUT2D eigenvalue weighted by atomic mass is 16.5. The van der Waals surface area contributed by atoms with Crippen LogP contribution >= 0.6 is 0 Å². The molecule has 0 bridgehead atoms. The van der Waals surface area contributed by atoms with Crippen LogP contribution in [0.4, 0.5) is 0 Å². The van der Waals surface area contributed by atoms with Crippen LogP contribution in [-0.4, -0.2) is 40.4 Å². The monoisotopic (exact) mass is 275 g/mol. The lowest BCUT2D eigenvalue weighted by Gasteiger charge is -2.20. The van der Waals surface area contributed by atoms with Crippen LogP contribution in [0.15, 0.2) is 18.2 Å². The van der Waals surface area contributed by atoms with Crippen molar-refractivity contribution < 1.29 is 14.3 Å². The summed E-state index contributed by atoms with van der Waals surface area (Å²) < 4.78 is 12.0. The Labute approximate surface area is 116 Å². The number of esters is 1. The molecule has 0 N–H and O–H groups in total. The molecular formula is C14H17N3O3. The molecule has 0 aromatic carbocycles. The summed E-state index contributed by atoms with van der Waals surface area (Å²) in [6.07, 6.45) is 4.22. The molecule has 6 nitrogen and oxygen atoms in total. The number of ether oxygens (including phenoxy) is 2. The molecule has 0 spiro atoms. The SMILES string of the molecule is COC(=O)c1cccc2nc(CC3CCCCO3)nn12. The minimum Gasteiger partial charge on any atom is -0.464 e. The minimum atomic E-state index is -0.416. The van der Waals surface area contributed by atoms with E-state index in [2.05, 4.69) is 10.1 Å². The lowest BCUT2D eigenvalue weighted by atomic mass is 10.1. The van der Waals surface area contributed by atoms with E-state index in [1.165, 1.54) is 18.0 Å². The molecule has 0 amide bonds. The van der Waals surface area contributed by atoms with Gasteiger partial charge in [0.1, 0.15) is 0 Å². The van der Waals surface area contributed by atoms with Gasteiger partial charge in [0.25, 0.3) is 0 Å². The maximum absolute atomic E-state index is 11.7. The van der Waals surface area contributed by atoms with Gasteiger partial charge in [-0.3, -0.25) is 0 Å². The minimum absolute atomic E-state index is 0.183. The second-order valence-electron chi connectivity index (χ2n) is 4.89. The zero-order chi connectivity index (χ0) is 13.9. The molecule has 1 aliphatic heterocycles. The van der Waals surface area contributed by atoms with Gasteiger partial charge in [-0.2, -0.15) is 5.10 Å². The van der Waals surface area contributed by atoms with E-state index < -0.39 is 5.97 Å². The van der Waals surface area contributed by atoms with Gasteiger partial charge in [0.15, 0.2) is 17.2 Å². The van der Waals surface area contributed by atoms with Crippen LogP contribution in [0.5, 0.6) is 0 Å². The van der Waals surface area contributed by atoms with E-state index in [1.807, 2.05) is 6.07 Å². The van der Waals surface area contributed by atoms with Crippen molar-refractivity contribution in [2.45, 2.75) is 31.8 Å². The lowest BCUT2D eigenvalue weighted by Crippen LogP contribution is -2.22. The highest BCUT2D eigenvalue weighted by Crippen LogP contribution is 2.16. The number of nitrogens with zero attached hydrogens (tertiary/aromatic N) is 3. The fourth-order valence-corrected chi connectivity index (χ4v) is 2.47. The van der Waals surface area contributed by atoms with Gasteiger partial charge in [0, 0.05) is 13.0 Å². The average molecular weight is 275 g/mol. The summed E-state index contributed by atoms with van der Waals surface area (Å²) in [6.45, 7) is 0.811. The summed E-state index contributed by atoms with van der Waals surface area (Å²) in [5.41, 5.74) is 1.03. The molecule has 1 fully saturated rings. The first-order valence-corrected chi connectivity index (χ1v) is 6.82. The molecule has 0 aliphatic carbocycles. The first-order chi connectivity index (χ1) is 9.78. The number of carbonyl (C=O) groups is 1. The number of rotatable bonds is 3. The molecule has 0 saturated carbocycles. The van der Waals surface area contributed by atoms with Crippen LogP contribution in [-0.2, 0) is 15.9 Å². The van der Waals surface area contributed by atoms with Crippen molar-refractivity contribution in [2.24, 2.45) is 0 Å². The standard InChI is InChI=1S/C14H17N3O3/c1-19-14(18)11-6-4-7-13-15-12(16-17(11)13)9-10-5-2-3-8-20-10/h4,6-7,10H,2-3,5,8-9H2,1H3. The van der Waals surface area contributed by atoms with Gasteiger partial charge < -0.3 is 9.47 Å². The Morgan fingerprint density at radius 2 is 2.40 bits per heavy atom. The van der Waals surface area contributed by atoms with Crippen molar-refractivity contribution in [3.05, 3.63) is 29.7 Å². The zero-order valence-electron chi connectivity index (χ0n) is 11.4. The topological polar surface area (TPSA) is 65.7 Å². The molecule has 1 unspecified atom stereocenters. The van der Waals surface area contributed by atoms with Gasteiger partial charge >= 0.3 is 5.97 Å². The van der Waals surface area contributed by atoms with Crippen molar-refractivity contribution in [3.8, 4) is 0 Å². The number of fused-ring (bicyclic) bond motifs is 1. The fraction of sp³-hybridized carbons (Fsp3) is 0.500. The highest BCUT2D eigenvalue weighted by Gasteiger charge is 2.18. The summed E-state index contributed by atoms with van der Waals surface area (Å²) >= 11 is 0. The van der Waals surface area contributed by atoms with E-state index >= 15 is 0 Å². The summed E-state index contributed by atoms with van der Waals surface area (Å²) in [4.78, 5) is 16.1. The number of methoxy groups -OCH3 is 1. The first-order valence-electron chi connectivity index (χ1n) is 6.82. The Morgan fingerprint density at radius 3 is 3.15 bits per heavy atom. The number of hydrogen-bond donors (Lipinski definition) is 0. The lowest BCUT2D eigenvalue weighted by molar-refractivity contribution is 0.0157. The average Bonchev–Trinajstić information content (AvgIpc) is 2.89. The fourth-order valence-electron chi connectivity index (χ4n) is 2.47. The van der Waals surface area contributed by atoms with Crippen LogP contribution < -0.4 is 0 Å². The van der Waals surface area contributed by atoms with Gasteiger partial charge in [-0.15, -0.1) is 0 Å². The van der Waals surface area contributed by atoms with Crippen LogP contribution in [0.3, 0.4) is 0 Å². The summed E-state index contributed by atoms with van der Waals surface area (Å²) in [7, 11) is 1.36. The van der Waals surface area contributed by atoms with Crippen LogP contribution in [0.2, 0.25) is 0 Å². The maximum Gasteiger partial charge on any atom is 0.356 e. The predicted molar refractivity (Wildman–Crippen MR) is 71.6 cm³/mol. The van der Waals surface area contributed by atoms with Crippen molar-refractivity contribution in [1.82, 2.24) is 14.6 Å². The highest BCUT2D eigenvalue weighted by molar-refractivity contribution is 5.88. The van der Waals surface area contributed by atoms with E-state index in [9.17, 15) is 4.79 Å². The smallest absolute Gasteiger partial charge is 0.356 e. The van der Waals surface area contributed by atoms with E-state index in [1.54, 1.807) is 12.1 Å². The molecule has 3 heterocycles. The second kappa shape index (κ2) is 5.58. The number of pyridine rings is 1. The van der Waals surface area contributed by atoms with Gasteiger partial charge in [0.2, 0.25) is 0 Å². The van der Waals surface area contributed by atoms with E-state index in [0.29, 0.717) is 23.6 Å². The molecule has 0 radical (unpaired) electrons. The zero-order valence-corrected chi connectivity index (χ0v) is 11.4. The quantitative estimate of drug-likeness (QED) is 0.796. The van der Waals surface area contributed by atoms with Gasteiger partial charge in [-0.25, -0.2) is 14.3 Å². The third kappa shape index (κ3) is 2.51. The molecule has 1 atom stereocenters. The van der Waals surface area contributed by atoms with E-state index in [4.69, 9.17) is 9.47 Å². The van der Waals surface area contributed by atoms with Crippen molar-refractivity contribution in [3.63, 3.8) is 0 Å². The van der Waals surface area contributed by atoms with Gasteiger partial charge in [0.05, 0.1) is 13.2 Å². The van der Waals surface area contributed by atoms with E-state index in [-0.39, 0.29) is 6.10 Å². The molecule has 1 aliphatic rings. The van der Waals surface area contributed by atoms with Gasteiger partial charge in [-0.1, -0.05) is 6.07 Å². The Morgan fingerprint density at radius 1 is 1.50 bits per heavy atom. The second-order valence-corrected chi connectivity index (χ2v) is 4.89. The molecule has 6 heteroatoms. The van der Waals surface area contributed by atoms with Crippen LogP contribution in [0, 0.1) is 0 Å². The molecule has 2 aromatic heterocycles. The summed E-state index contributed by atoms with van der Waals surface area (Å²) in [5, 5.41) is 4.40.